The molecule has 21 heavy (non-hydrogen) atoms. The highest BCUT2D eigenvalue weighted by molar-refractivity contribution is 7.92. The number of aromatic hydroxyl groups is 1. The standard InChI is InChI=1S/C13H10FN3O3S/c14-9-1-3-12(8(5-9)7-15)17-21(19,20)10-2-4-13(18)11(16)6-10/h1-6,17-18H,16H2. The van der Waals surface area contributed by atoms with E-state index in [9.17, 15) is 17.9 Å². The van der Waals surface area contributed by atoms with Crippen LogP contribution >= 0.6 is 0 Å². The van der Waals surface area contributed by atoms with Crippen molar-refractivity contribution >= 4 is 21.4 Å². The van der Waals surface area contributed by atoms with Gasteiger partial charge in [-0.1, -0.05) is 0 Å². The van der Waals surface area contributed by atoms with Crippen molar-refractivity contribution in [1.82, 2.24) is 0 Å². The highest BCUT2D eigenvalue weighted by Crippen LogP contribution is 2.25. The normalized spacial score (nSPS) is 10.9. The van der Waals surface area contributed by atoms with E-state index < -0.39 is 15.8 Å². The van der Waals surface area contributed by atoms with E-state index in [0.29, 0.717) is 0 Å². The molecule has 2 rings (SSSR count). The minimum absolute atomic E-state index is 0.0504. The van der Waals surface area contributed by atoms with Gasteiger partial charge in [-0.05, 0) is 36.4 Å². The monoisotopic (exact) mass is 307 g/mol. The first-order chi connectivity index (χ1) is 9.83. The molecule has 0 fully saturated rings. The quantitative estimate of drug-likeness (QED) is 0.590. The van der Waals surface area contributed by atoms with Gasteiger partial charge in [0, 0.05) is 0 Å². The summed E-state index contributed by atoms with van der Waals surface area (Å²) in [5.41, 5.74) is 5.14. The van der Waals surface area contributed by atoms with Crippen LogP contribution in [0.5, 0.6) is 5.75 Å². The molecule has 0 aliphatic heterocycles. The van der Waals surface area contributed by atoms with Gasteiger partial charge in [-0.3, -0.25) is 4.72 Å². The average molecular weight is 307 g/mol. The average Bonchev–Trinajstić information content (AvgIpc) is 2.43. The van der Waals surface area contributed by atoms with Crippen molar-refractivity contribution in [2.45, 2.75) is 4.90 Å². The van der Waals surface area contributed by atoms with Crippen molar-refractivity contribution < 1.29 is 17.9 Å². The molecule has 8 heteroatoms. The summed E-state index contributed by atoms with van der Waals surface area (Å²) in [7, 11) is -4.01. The molecule has 0 saturated heterocycles. The summed E-state index contributed by atoms with van der Waals surface area (Å²) < 4.78 is 39.5. The summed E-state index contributed by atoms with van der Waals surface area (Å²) in [6.45, 7) is 0. The maximum atomic E-state index is 13.0. The van der Waals surface area contributed by atoms with E-state index >= 15 is 0 Å². The lowest BCUT2D eigenvalue weighted by Crippen LogP contribution is -2.14. The fourth-order valence-electron chi connectivity index (χ4n) is 1.60. The highest BCUT2D eigenvalue weighted by atomic mass is 32.2. The molecule has 0 amide bonds. The van der Waals surface area contributed by atoms with Crippen LogP contribution in [0.3, 0.4) is 0 Å². The molecule has 108 valence electrons. The van der Waals surface area contributed by atoms with Gasteiger partial charge in [-0.15, -0.1) is 0 Å². The number of hydrogen-bond donors (Lipinski definition) is 3. The van der Waals surface area contributed by atoms with Gasteiger partial charge in [-0.2, -0.15) is 5.26 Å². The smallest absolute Gasteiger partial charge is 0.262 e. The maximum Gasteiger partial charge on any atom is 0.262 e. The number of halogens is 1. The van der Waals surface area contributed by atoms with Gasteiger partial charge in [0.1, 0.15) is 17.6 Å². The second-order valence-electron chi connectivity index (χ2n) is 4.13. The van der Waals surface area contributed by atoms with E-state index in [1.54, 1.807) is 6.07 Å². The Labute approximate surface area is 120 Å². The number of sulfonamides is 1. The minimum Gasteiger partial charge on any atom is -0.506 e. The molecular formula is C13H10FN3O3S. The second-order valence-corrected chi connectivity index (χ2v) is 5.81. The Morgan fingerprint density at radius 1 is 1.24 bits per heavy atom. The number of nitrogens with one attached hydrogen (secondary N) is 1. The number of anilines is 2. The van der Waals surface area contributed by atoms with Crippen LogP contribution in [0.2, 0.25) is 0 Å². The topological polar surface area (TPSA) is 116 Å². The zero-order valence-electron chi connectivity index (χ0n) is 10.5. The Morgan fingerprint density at radius 2 is 1.95 bits per heavy atom. The molecule has 0 saturated carbocycles. The summed E-state index contributed by atoms with van der Waals surface area (Å²) in [6.07, 6.45) is 0. The Hall–Kier alpha value is -2.79. The Morgan fingerprint density at radius 3 is 2.57 bits per heavy atom. The first kappa shape index (κ1) is 14.6. The van der Waals surface area contributed by atoms with Gasteiger partial charge in [0.15, 0.2) is 0 Å². The molecule has 0 spiro atoms. The van der Waals surface area contributed by atoms with E-state index in [1.165, 1.54) is 0 Å². The molecule has 0 aromatic heterocycles. The second kappa shape index (κ2) is 5.30. The zero-order valence-corrected chi connectivity index (χ0v) is 11.4. The molecule has 4 N–H and O–H groups in total. The van der Waals surface area contributed by atoms with Crippen LogP contribution in [0.15, 0.2) is 41.3 Å². The van der Waals surface area contributed by atoms with Crippen molar-refractivity contribution in [3.8, 4) is 11.8 Å². The summed E-state index contributed by atoms with van der Waals surface area (Å²) in [5.74, 6) is -0.892. The van der Waals surface area contributed by atoms with Crippen LogP contribution in [0, 0.1) is 17.1 Å². The van der Waals surface area contributed by atoms with Crippen LogP contribution in [0.1, 0.15) is 5.56 Å². The number of hydrogen-bond acceptors (Lipinski definition) is 5. The first-order valence-corrected chi connectivity index (χ1v) is 7.13. The van der Waals surface area contributed by atoms with Crippen molar-refractivity contribution in [2.75, 3.05) is 10.5 Å². The van der Waals surface area contributed by atoms with Gasteiger partial charge in [0.05, 0.1) is 21.8 Å². The van der Waals surface area contributed by atoms with Crippen LogP contribution in [0.25, 0.3) is 0 Å². The van der Waals surface area contributed by atoms with Gasteiger partial charge >= 0.3 is 0 Å². The Balaban J connectivity index is 2.42. The van der Waals surface area contributed by atoms with Crippen LogP contribution in [-0.4, -0.2) is 13.5 Å². The molecule has 2 aromatic rings. The predicted molar refractivity (Wildman–Crippen MR) is 74.4 cm³/mol. The molecule has 6 nitrogen and oxygen atoms in total. The summed E-state index contributed by atoms with van der Waals surface area (Å²) in [5, 5.41) is 18.2. The molecular weight excluding hydrogens is 297 g/mol. The number of nitrogens with zero attached hydrogens (tertiary/aromatic N) is 1. The van der Waals surface area contributed by atoms with Gasteiger partial charge in [-0.25, -0.2) is 12.8 Å². The van der Waals surface area contributed by atoms with Gasteiger partial charge < -0.3 is 10.8 Å². The largest absolute Gasteiger partial charge is 0.506 e. The zero-order chi connectivity index (χ0) is 15.6. The molecule has 0 unspecified atom stereocenters. The van der Waals surface area contributed by atoms with E-state index in [2.05, 4.69) is 4.72 Å². The maximum absolute atomic E-state index is 13.0. The molecule has 2 aromatic carbocycles. The van der Waals surface area contributed by atoms with E-state index in [1.807, 2.05) is 0 Å². The number of nitriles is 1. The van der Waals surface area contributed by atoms with Crippen molar-refractivity contribution in [1.29, 1.82) is 5.26 Å². The third kappa shape index (κ3) is 3.04. The molecule has 0 aliphatic carbocycles. The number of nitrogen functional groups attached to an aromatic ring is 1. The minimum atomic E-state index is -4.01. The molecule has 0 bridgehead atoms. The number of rotatable bonds is 3. The van der Waals surface area contributed by atoms with Crippen molar-refractivity contribution in [2.24, 2.45) is 0 Å². The first-order valence-electron chi connectivity index (χ1n) is 5.64. The van der Waals surface area contributed by atoms with E-state index in [4.69, 9.17) is 11.0 Å². The van der Waals surface area contributed by atoms with E-state index in [0.717, 1.165) is 36.4 Å². The number of benzene rings is 2. The Bertz CT molecular complexity index is 844. The lowest BCUT2D eigenvalue weighted by atomic mass is 10.2. The fourth-order valence-corrected chi connectivity index (χ4v) is 2.72. The fraction of sp³-hybridized carbons (Fsp3) is 0. The van der Waals surface area contributed by atoms with Gasteiger partial charge in [0.25, 0.3) is 10.0 Å². The predicted octanol–water partition coefficient (Wildman–Crippen LogP) is 1.79. The van der Waals surface area contributed by atoms with Crippen LogP contribution in [0.4, 0.5) is 15.8 Å². The number of phenols is 1. The SMILES string of the molecule is N#Cc1cc(F)ccc1NS(=O)(=O)c1ccc(O)c(N)c1. The highest BCUT2D eigenvalue weighted by Gasteiger charge is 2.17. The number of phenolic OH excluding ortho intramolecular Hbond substituents is 1. The summed E-state index contributed by atoms with van der Waals surface area (Å²) >= 11 is 0. The van der Waals surface area contributed by atoms with Crippen molar-refractivity contribution in [3.63, 3.8) is 0 Å². The van der Waals surface area contributed by atoms with Crippen molar-refractivity contribution in [3.05, 3.63) is 47.8 Å². The third-order valence-corrected chi connectivity index (χ3v) is 4.02. The molecule has 0 aliphatic rings. The lowest BCUT2D eigenvalue weighted by molar-refractivity contribution is 0.477. The van der Waals surface area contributed by atoms with Crippen LogP contribution in [-0.2, 0) is 10.0 Å². The van der Waals surface area contributed by atoms with E-state index in [-0.39, 0.29) is 27.6 Å². The Kier molecular flexibility index (Phi) is 3.69. The molecule has 0 atom stereocenters. The van der Waals surface area contributed by atoms with Gasteiger partial charge in [0.2, 0.25) is 0 Å². The summed E-state index contributed by atoms with van der Waals surface area (Å²) in [4.78, 5) is -0.189. The summed E-state index contributed by atoms with van der Waals surface area (Å²) in [6, 6.07) is 8.17. The molecule has 0 heterocycles. The third-order valence-electron chi connectivity index (χ3n) is 2.66. The number of nitrogens with two attached hydrogens (primary N) is 1. The lowest BCUT2D eigenvalue weighted by Gasteiger charge is -2.10. The van der Waals surface area contributed by atoms with Crippen LogP contribution < -0.4 is 10.5 Å². The molecule has 0 radical (unpaired) electrons.